The summed E-state index contributed by atoms with van der Waals surface area (Å²) in [6.07, 6.45) is 1.61. The van der Waals surface area contributed by atoms with E-state index in [1.165, 1.54) is 16.8 Å². The molecule has 1 N–H and O–H groups in total. The third-order valence-corrected chi connectivity index (χ3v) is 8.06. The van der Waals surface area contributed by atoms with Crippen LogP contribution >= 0.6 is 46.7 Å². The first-order valence-electron chi connectivity index (χ1n) is 12.0. The lowest BCUT2D eigenvalue weighted by Gasteiger charge is -2.20. The molecule has 3 aromatic rings. The third-order valence-electron chi connectivity index (χ3n) is 5.56. The van der Waals surface area contributed by atoms with Gasteiger partial charge in [0.25, 0.3) is 5.91 Å². The summed E-state index contributed by atoms with van der Waals surface area (Å²) >= 11 is 15.1. The maximum atomic E-state index is 12.9. The zero-order chi connectivity index (χ0) is 27.4. The Hall–Kier alpha value is -3.24. The number of hydrogen-bond acceptors (Lipinski definition) is 7. The molecule has 0 aliphatic carbocycles. The van der Waals surface area contributed by atoms with Crippen molar-refractivity contribution < 1.29 is 14.3 Å². The van der Waals surface area contributed by atoms with Gasteiger partial charge >= 0.3 is 0 Å². The summed E-state index contributed by atoms with van der Waals surface area (Å²) in [4.78, 5) is 18.1. The Balaban J connectivity index is 1.31. The van der Waals surface area contributed by atoms with Gasteiger partial charge in [-0.3, -0.25) is 10.2 Å². The van der Waals surface area contributed by atoms with Crippen LogP contribution in [0.15, 0.2) is 87.3 Å². The molecule has 0 saturated carbocycles. The number of aliphatic imine (C=N–C) groups is 1. The van der Waals surface area contributed by atoms with Gasteiger partial charge in [-0.15, -0.1) is 11.8 Å². The Bertz CT molecular complexity index is 1520. The lowest BCUT2D eigenvalue weighted by atomic mass is 10.1. The first kappa shape index (κ1) is 27.3. The molecular weight excluding hydrogens is 575 g/mol. The van der Waals surface area contributed by atoms with Crippen molar-refractivity contribution in [2.45, 2.75) is 11.8 Å². The molecular formula is C28H22Cl2N4O3S2. The van der Waals surface area contributed by atoms with Crippen molar-refractivity contribution in [3.63, 3.8) is 0 Å². The fraction of sp³-hybridized carbons (Fsp3) is 0.143. The molecule has 1 amide bonds. The molecule has 39 heavy (non-hydrogen) atoms. The van der Waals surface area contributed by atoms with Crippen LogP contribution in [-0.2, 0) is 4.79 Å². The topological polar surface area (TPSA) is 87.3 Å². The molecule has 2 aliphatic rings. The Morgan fingerprint density at radius 3 is 2.62 bits per heavy atom. The number of benzene rings is 3. The summed E-state index contributed by atoms with van der Waals surface area (Å²) in [5.74, 6) is 1.34. The fourth-order valence-corrected chi connectivity index (χ4v) is 5.81. The lowest BCUT2D eigenvalue weighted by molar-refractivity contribution is -0.114. The second kappa shape index (κ2) is 12.3. The van der Waals surface area contributed by atoms with Gasteiger partial charge in [0.15, 0.2) is 17.3 Å². The number of nitrogens with one attached hydrogen (secondary N) is 1. The van der Waals surface area contributed by atoms with E-state index in [1.54, 1.807) is 36.0 Å². The van der Waals surface area contributed by atoms with Crippen molar-refractivity contribution in [2.75, 3.05) is 19.0 Å². The first-order valence-corrected chi connectivity index (χ1v) is 14.5. The molecule has 0 atom stereocenters. The van der Waals surface area contributed by atoms with Gasteiger partial charge < -0.3 is 9.47 Å². The average molecular weight is 598 g/mol. The van der Waals surface area contributed by atoms with Crippen LogP contribution in [0.5, 0.6) is 11.5 Å². The number of hydrogen-bond donors (Lipinski definition) is 1. The van der Waals surface area contributed by atoms with Crippen LogP contribution in [0.3, 0.4) is 0 Å². The number of rotatable bonds is 9. The van der Waals surface area contributed by atoms with E-state index in [9.17, 15) is 4.79 Å². The SMILES string of the molecule is CCOc1cc(C=C2C(=N)N3N=C(c4ccccc4Cl)SC3=NC2=O)ccc1OCCSc1ccc(Cl)cc1. The molecule has 2 heterocycles. The molecule has 11 heteroatoms. The summed E-state index contributed by atoms with van der Waals surface area (Å²) in [7, 11) is 0. The van der Waals surface area contributed by atoms with E-state index in [-0.39, 0.29) is 11.4 Å². The van der Waals surface area contributed by atoms with Crippen LogP contribution in [0.2, 0.25) is 10.0 Å². The highest BCUT2D eigenvalue weighted by molar-refractivity contribution is 8.27. The van der Waals surface area contributed by atoms with Crippen molar-refractivity contribution in [3.05, 3.63) is 93.5 Å². The van der Waals surface area contributed by atoms with E-state index < -0.39 is 5.91 Å². The van der Waals surface area contributed by atoms with Crippen molar-refractivity contribution in [3.8, 4) is 11.5 Å². The minimum atomic E-state index is -0.508. The standard InChI is InChI=1S/C28H22Cl2N4O3S2/c1-2-36-24-16-17(7-12-23(24)37-13-14-38-19-10-8-18(29)9-11-19)15-21-25(31)34-28(32-26(21)35)39-27(33-34)20-5-3-4-6-22(20)30/h3-12,15-16,31H,2,13-14H2,1H3. The minimum Gasteiger partial charge on any atom is -0.490 e. The molecule has 0 aromatic heterocycles. The molecule has 0 radical (unpaired) electrons. The molecule has 7 nitrogen and oxygen atoms in total. The number of carbonyl (C=O) groups excluding carboxylic acids is 1. The highest BCUT2D eigenvalue weighted by Gasteiger charge is 2.36. The zero-order valence-electron chi connectivity index (χ0n) is 20.7. The molecule has 0 unspecified atom stereocenters. The number of nitrogens with zero attached hydrogens (tertiary/aromatic N) is 3. The minimum absolute atomic E-state index is 0.0583. The van der Waals surface area contributed by atoms with Gasteiger partial charge in [0.2, 0.25) is 5.17 Å². The Morgan fingerprint density at radius 1 is 1.05 bits per heavy atom. The first-order chi connectivity index (χ1) is 18.9. The van der Waals surface area contributed by atoms with E-state index in [0.717, 1.165) is 16.2 Å². The average Bonchev–Trinajstić information content (AvgIpc) is 3.35. The number of carbonyl (C=O) groups is 1. The summed E-state index contributed by atoms with van der Waals surface area (Å²) < 4.78 is 11.8. The van der Waals surface area contributed by atoms with Crippen LogP contribution in [0.4, 0.5) is 0 Å². The quantitative estimate of drug-likeness (QED) is 0.159. The highest BCUT2D eigenvalue weighted by atomic mass is 35.5. The van der Waals surface area contributed by atoms with Crippen molar-refractivity contribution in [2.24, 2.45) is 10.1 Å². The van der Waals surface area contributed by atoms with Gasteiger partial charge in [0.1, 0.15) is 5.04 Å². The molecule has 3 aromatic carbocycles. The number of hydrazone groups is 1. The number of halogens is 2. The van der Waals surface area contributed by atoms with E-state index in [0.29, 0.717) is 50.5 Å². The maximum Gasteiger partial charge on any atom is 0.283 e. The predicted octanol–water partition coefficient (Wildman–Crippen LogP) is 7.23. The molecule has 5 rings (SSSR count). The van der Waals surface area contributed by atoms with Gasteiger partial charge in [0.05, 0.1) is 23.8 Å². The molecule has 0 spiro atoms. The molecule has 0 saturated heterocycles. The largest absolute Gasteiger partial charge is 0.490 e. The number of amides is 1. The van der Waals surface area contributed by atoms with Crippen LogP contribution in [0, 0.1) is 5.41 Å². The smallest absolute Gasteiger partial charge is 0.283 e. The monoisotopic (exact) mass is 596 g/mol. The van der Waals surface area contributed by atoms with Crippen LogP contribution in [-0.4, -0.2) is 45.9 Å². The highest BCUT2D eigenvalue weighted by Crippen LogP contribution is 2.34. The molecule has 2 aliphatic heterocycles. The molecule has 0 fully saturated rings. The van der Waals surface area contributed by atoms with Gasteiger partial charge in [0, 0.05) is 21.2 Å². The predicted molar refractivity (Wildman–Crippen MR) is 161 cm³/mol. The van der Waals surface area contributed by atoms with Crippen molar-refractivity contribution in [1.82, 2.24) is 5.01 Å². The summed E-state index contributed by atoms with van der Waals surface area (Å²) in [6, 6.07) is 20.4. The van der Waals surface area contributed by atoms with Crippen molar-refractivity contribution >= 4 is 74.8 Å². The van der Waals surface area contributed by atoms with E-state index in [1.807, 2.05) is 55.5 Å². The molecule has 198 valence electrons. The summed E-state index contributed by atoms with van der Waals surface area (Å²) in [5.41, 5.74) is 1.52. The fourth-order valence-electron chi connectivity index (χ4n) is 3.75. The van der Waals surface area contributed by atoms with Crippen LogP contribution < -0.4 is 9.47 Å². The Morgan fingerprint density at radius 2 is 1.85 bits per heavy atom. The Kier molecular flexibility index (Phi) is 8.62. The number of amidine groups is 2. The van der Waals surface area contributed by atoms with E-state index in [4.69, 9.17) is 38.1 Å². The summed E-state index contributed by atoms with van der Waals surface area (Å²) in [5, 5.41) is 16.7. The Labute approximate surface area is 244 Å². The number of fused-ring (bicyclic) bond motifs is 1. The van der Waals surface area contributed by atoms with E-state index >= 15 is 0 Å². The van der Waals surface area contributed by atoms with Gasteiger partial charge in [-0.1, -0.05) is 47.5 Å². The second-order valence-electron chi connectivity index (χ2n) is 8.20. The van der Waals surface area contributed by atoms with Crippen molar-refractivity contribution in [1.29, 1.82) is 5.41 Å². The maximum absolute atomic E-state index is 12.9. The van der Waals surface area contributed by atoms with Gasteiger partial charge in [-0.05, 0) is 72.8 Å². The van der Waals surface area contributed by atoms with E-state index in [2.05, 4.69) is 10.1 Å². The van der Waals surface area contributed by atoms with Gasteiger partial charge in [-0.25, -0.2) is 0 Å². The van der Waals surface area contributed by atoms with Crippen LogP contribution in [0.25, 0.3) is 6.08 Å². The van der Waals surface area contributed by atoms with Gasteiger partial charge in [-0.2, -0.15) is 15.1 Å². The zero-order valence-corrected chi connectivity index (χ0v) is 23.8. The normalized spacial score (nSPS) is 15.8. The lowest BCUT2D eigenvalue weighted by Crippen LogP contribution is -2.35. The third kappa shape index (κ3) is 6.33. The second-order valence-corrected chi connectivity index (χ2v) is 11.2. The number of thioether (sulfide) groups is 2. The summed E-state index contributed by atoms with van der Waals surface area (Å²) in [6.45, 7) is 2.82. The van der Waals surface area contributed by atoms with Crippen LogP contribution in [0.1, 0.15) is 18.1 Å². The molecule has 0 bridgehead atoms. The number of ether oxygens (including phenoxy) is 2.